The zero-order valence-corrected chi connectivity index (χ0v) is 16.3. The van der Waals surface area contributed by atoms with Crippen LogP contribution in [0.1, 0.15) is 19.8 Å². The summed E-state index contributed by atoms with van der Waals surface area (Å²) in [5.74, 6) is 1.52. The van der Waals surface area contributed by atoms with Gasteiger partial charge in [0.15, 0.2) is 5.96 Å². The van der Waals surface area contributed by atoms with Gasteiger partial charge in [-0.3, -0.25) is 4.99 Å². The van der Waals surface area contributed by atoms with Gasteiger partial charge in [0, 0.05) is 56.6 Å². The third-order valence-corrected chi connectivity index (χ3v) is 4.62. The van der Waals surface area contributed by atoms with E-state index in [1.807, 2.05) is 0 Å². The van der Waals surface area contributed by atoms with Crippen molar-refractivity contribution in [1.29, 1.82) is 0 Å². The maximum Gasteiger partial charge on any atom is 0.191 e. The number of hydrogen-bond donors (Lipinski definition) is 2. The molecule has 0 saturated carbocycles. The van der Waals surface area contributed by atoms with E-state index >= 15 is 0 Å². The van der Waals surface area contributed by atoms with Crippen LogP contribution in [0.5, 0.6) is 0 Å². The molecule has 2 N–H and O–H groups in total. The Hall–Kier alpha value is -1.27. The summed E-state index contributed by atoms with van der Waals surface area (Å²) >= 11 is 3.55. The van der Waals surface area contributed by atoms with Crippen LogP contribution in [0.4, 0.5) is 5.69 Å². The molecule has 1 aromatic carbocycles. The summed E-state index contributed by atoms with van der Waals surface area (Å²) in [6.07, 6.45) is 2.18. The maximum absolute atomic E-state index is 5.08. The Morgan fingerprint density at radius 3 is 3.04 bits per heavy atom. The first-order valence-electron chi connectivity index (χ1n) is 8.74. The first kappa shape index (κ1) is 19.1. The SMILES string of the molecule is CCNC(=NCC1CCN(c2cccc(Br)c2)C1)NCCCOC. The normalized spacial score (nSPS) is 18.0. The zero-order valence-electron chi connectivity index (χ0n) is 14.7. The summed E-state index contributed by atoms with van der Waals surface area (Å²) in [6, 6.07) is 8.53. The molecule has 1 saturated heterocycles. The minimum atomic E-state index is 0.610. The van der Waals surface area contributed by atoms with Crippen molar-refractivity contribution in [2.24, 2.45) is 10.9 Å². The Labute approximate surface area is 154 Å². The number of ether oxygens (including phenoxy) is 1. The molecule has 0 spiro atoms. The van der Waals surface area contributed by atoms with Crippen LogP contribution in [0.15, 0.2) is 33.7 Å². The van der Waals surface area contributed by atoms with Crippen molar-refractivity contribution in [2.75, 3.05) is 51.3 Å². The van der Waals surface area contributed by atoms with Gasteiger partial charge in [0.05, 0.1) is 0 Å². The lowest BCUT2D eigenvalue weighted by molar-refractivity contribution is 0.195. The van der Waals surface area contributed by atoms with Crippen LogP contribution in [-0.4, -0.2) is 52.4 Å². The highest BCUT2D eigenvalue weighted by atomic mass is 79.9. The summed E-state index contributed by atoms with van der Waals surface area (Å²) < 4.78 is 6.21. The van der Waals surface area contributed by atoms with Crippen molar-refractivity contribution in [1.82, 2.24) is 10.6 Å². The van der Waals surface area contributed by atoms with E-state index in [0.717, 1.165) is 56.2 Å². The lowest BCUT2D eigenvalue weighted by atomic mass is 10.1. The molecule has 0 aromatic heterocycles. The number of halogens is 1. The van der Waals surface area contributed by atoms with E-state index in [1.165, 1.54) is 12.1 Å². The standard InChI is InChI=1S/C18H29BrN4O/c1-3-20-18(21-9-5-11-24-2)22-13-15-8-10-23(14-15)17-7-4-6-16(19)12-17/h4,6-7,12,15H,3,5,8-11,13-14H2,1-2H3,(H2,20,21,22). The van der Waals surface area contributed by atoms with E-state index in [2.05, 4.69) is 62.7 Å². The van der Waals surface area contributed by atoms with Crippen LogP contribution in [0, 0.1) is 5.92 Å². The van der Waals surface area contributed by atoms with Gasteiger partial charge in [-0.05, 0) is 43.9 Å². The van der Waals surface area contributed by atoms with Gasteiger partial charge in [0.2, 0.25) is 0 Å². The molecule has 5 nitrogen and oxygen atoms in total. The van der Waals surface area contributed by atoms with Gasteiger partial charge < -0.3 is 20.3 Å². The van der Waals surface area contributed by atoms with Crippen molar-refractivity contribution in [2.45, 2.75) is 19.8 Å². The molecule has 1 aliphatic rings. The second-order valence-electron chi connectivity index (χ2n) is 6.07. The molecular formula is C18H29BrN4O. The third kappa shape index (κ3) is 6.32. The molecule has 1 atom stereocenters. The third-order valence-electron chi connectivity index (χ3n) is 4.13. The molecule has 1 heterocycles. The fraction of sp³-hybridized carbons (Fsp3) is 0.611. The Balaban J connectivity index is 1.81. The van der Waals surface area contributed by atoms with Gasteiger partial charge in [-0.1, -0.05) is 22.0 Å². The highest BCUT2D eigenvalue weighted by Gasteiger charge is 2.22. The second-order valence-corrected chi connectivity index (χ2v) is 6.99. The van der Waals surface area contributed by atoms with Crippen molar-refractivity contribution < 1.29 is 4.74 Å². The molecule has 6 heteroatoms. The minimum Gasteiger partial charge on any atom is -0.385 e. The molecule has 1 aromatic rings. The number of benzene rings is 1. The van der Waals surface area contributed by atoms with E-state index in [0.29, 0.717) is 5.92 Å². The smallest absolute Gasteiger partial charge is 0.191 e. The topological polar surface area (TPSA) is 48.9 Å². The fourth-order valence-electron chi connectivity index (χ4n) is 2.87. The number of hydrogen-bond acceptors (Lipinski definition) is 3. The first-order chi connectivity index (χ1) is 11.7. The van der Waals surface area contributed by atoms with E-state index in [1.54, 1.807) is 7.11 Å². The predicted molar refractivity (Wildman–Crippen MR) is 105 cm³/mol. The van der Waals surface area contributed by atoms with E-state index < -0.39 is 0 Å². The Morgan fingerprint density at radius 1 is 1.42 bits per heavy atom. The summed E-state index contributed by atoms with van der Waals surface area (Å²) in [6.45, 7) is 7.68. The van der Waals surface area contributed by atoms with Gasteiger partial charge >= 0.3 is 0 Å². The summed E-state index contributed by atoms with van der Waals surface area (Å²) in [5.41, 5.74) is 1.29. The van der Waals surface area contributed by atoms with Gasteiger partial charge in [-0.25, -0.2) is 0 Å². The number of rotatable bonds is 8. The quantitative estimate of drug-likeness (QED) is 0.402. The molecule has 0 radical (unpaired) electrons. The Bertz CT molecular complexity index is 523. The van der Waals surface area contributed by atoms with Crippen molar-refractivity contribution >= 4 is 27.6 Å². The molecule has 2 rings (SSSR count). The fourth-order valence-corrected chi connectivity index (χ4v) is 3.26. The van der Waals surface area contributed by atoms with Crippen molar-refractivity contribution in [3.63, 3.8) is 0 Å². The molecular weight excluding hydrogens is 368 g/mol. The van der Waals surface area contributed by atoms with Crippen LogP contribution in [-0.2, 0) is 4.74 Å². The first-order valence-corrected chi connectivity index (χ1v) is 9.54. The molecule has 1 unspecified atom stereocenters. The monoisotopic (exact) mass is 396 g/mol. The second kappa shape index (κ2) is 10.6. The molecule has 0 amide bonds. The van der Waals surface area contributed by atoms with Crippen LogP contribution < -0.4 is 15.5 Å². The molecule has 0 bridgehead atoms. The lowest BCUT2D eigenvalue weighted by Gasteiger charge is -2.18. The van der Waals surface area contributed by atoms with Gasteiger partial charge in [0.1, 0.15) is 0 Å². The Kier molecular flexibility index (Phi) is 8.39. The molecule has 1 fully saturated rings. The highest BCUT2D eigenvalue weighted by molar-refractivity contribution is 9.10. The minimum absolute atomic E-state index is 0.610. The highest BCUT2D eigenvalue weighted by Crippen LogP contribution is 2.26. The number of anilines is 1. The molecule has 1 aliphatic heterocycles. The summed E-state index contributed by atoms with van der Waals surface area (Å²) in [5, 5.41) is 6.68. The summed E-state index contributed by atoms with van der Waals surface area (Å²) in [4.78, 5) is 7.20. The largest absolute Gasteiger partial charge is 0.385 e. The average molecular weight is 397 g/mol. The number of nitrogens with one attached hydrogen (secondary N) is 2. The molecule has 134 valence electrons. The van der Waals surface area contributed by atoms with Crippen LogP contribution in [0.25, 0.3) is 0 Å². The maximum atomic E-state index is 5.08. The van der Waals surface area contributed by atoms with Crippen molar-refractivity contribution in [3.05, 3.63) is 28.7 Å². The van der Waals surface area contributed by atoms with Crippen LogP contribution in [0.2, 0.25) is 0 Å². The van der Waals surface area contributed by atoms with Gasteiger partial charge in [-0.2, -0.15) is 0 Å². The van der Waals surface area contributed by atoms with Gasteiger partial charge in [0.25, 0.3) is 0 Å². The van der Waals surface area contributed by atoms with E-state index in [-0.39, 0.29) is 0 Å². The van der Waals surface area contributed by atoms with E-state index in [4.69, 9.17) is 9.73 Å². The predicted octanol–water partition coefficient (Wildman–Crippen LogP) is 2.87. The van der Waals surface area contributed by atoms with Crippen LogP contribution in [0.3, 0.4) is 0 Å². The Morgan fingerprint density at radius 2 is 2.29 bits per heavy atom. The number of guanidine groups is 1. The van der Waals surface area contributed by atoms with Crippen LogP contribution >= 0.6 is 15.9 Å². The number of nitrogens with zero attached hydrogens (tertiary/aromatic N) is 2. The van der Waals surface area contributed by atoms with Crippen molar-refractivity contribution in [3.8, 4) is 0 Å². The average Bonchev–Trinajstić information content (AvgIpc) is 3.05. The lowest BCUT2D eigenvalue weighted by Crippen LogP contribution is -2.38. The molecule has 24 heavy (non-hydrogen) atoms. The number of methoxy groups -OCH3 is 1. The zero-order chi connectivity index (χ0) is 17.2. The molecule has 0 aliphatic carbocycles. The number of aliphatic imine (C=N–C) groups is 1. The van der Waals surface area contributed by atoms with E-state index in [9.17, 15) is 0 Å². The van der Waals surface area contributed by atoms with Gasteiger partial charge in [-0.15, -0.1) is 0 Å². The summed E-state index contributed by atoms with van der Waals surface area (Å²) in [7, 11) is 1.73.